The third kappa shape index (κ3) is 6.77. The number of rotatable bonds is 10. The number of amides is 2. The standard InChI is InChI=1S/C23H26N2O5/c1-3-4-10-19(23(28)29)24-22(27)20(15-16-8-6-5-7-9-16)25-21(26)17-11-13-18(30-2)14-12-17/h5-9,11-15,19H,3-4,10H2,1-2H3,(H,24,27)(H,25,26)(H,28,29)/p-1/b20-15+/t19-/m1/s1. The summed E-state index contributed by atoms with van der Waals surface area (Å²) < 4.78 is 5.08. The van der Waals surface area contributed by atoms with Gasteiger partial charge in [0.15, 0.2) is 0 Å². The summed E-state index contributed by atoms with van der Waals surface area (Å²) in [7, 11) is 1.52. The minimum atomic E-state index is -1.36. The monoisotopic (exact) mass is 409 g/mol. The van der Waals surface area contributed by atoms with Gasteiger partial charge in [-0.25, -0.2) is 0 Å². The molecule has 0 aliphatic rings. The van der Waals surface area contributed by atoms with E-state index in [1.54, 1.807) is 48.5 Å². The number of benzene rings is 2. The van der Waals surface area contributed by atoms with Crippen LogP contribution in [0, 0.1) is 0 Å². The van der Waals surface area contributed by atoms with Crippen molar-refractivity contribution in [3.05, 3.63) is 71.4 Å². The molecule has 0 fully saturated rings. The summed E-state index contributed by atoms with van der Waals surface area (Å²) in [4.78, 5) is 36.8. The summed E-state index contributed by atoms with van der Waals surface area (Å²) in [5, 5.41) is 16.4. The molecule has 0 saturated heterocycles. The topological polar surface area (TPSA) is 108 Å². The summed E-state index contributed by atoms with van der Waals surface area (Å²) in [6, 6.07) is 14.2. The quantitative estimate of drug-likeness (QED) is 0.583. The fraction of sp³-hybridized carbons (Fsp3) is 0.261. The Kier molecular flexibility index (Phi) is 8.62. The van der Waals surface area contributed by atoms with Crippen molar-refractivity contribution in [2.75, 3.05) is 7.11 Å². The van der Waals surface area contributed by atoms with Crippen LogP contribution in [0.3, 0.4) is 0 Å². The Morgan fingerprint density at radius 3 is 2.30 bits per heavy atom. The Hall–Kier alpha value is -3.61. The number of hydrogen-bond acceptors (Lipinski definition) is 5. The Morgan fingerprint density at radius 2 is 1.73 bits per heavy atom. The van der Waals surface area contributed by atoms with Crippen molar-refractivity contribution in [3.63, 3.8) is 0 Å². The van der Waals surface area contributed by atoms with E-state index in [-0.39, 0.29) is 12.1 Å². The summed E-state index contributed by atoms with van der Waals surface area (Å²) in [6.45, 7) is 1.92. The van der Waals surface area contributed by atoms with Crippen LogP contribution in [0.15, 0.2) is 60.3 Å². The van der Waals surface area contributed by atoms with E-state index in [0.717, 1.165) is 6.42 Å². The first-order chi connectivity index (χ1) is 14.4. The SMILES string of the molecule is CCCC[C@@H](NC(=O)/C(=C\c1ccccc1)NC(=O)c1ccc(OC)cc1)C(=O)[O-]. The van der Waals surface area contributed by atoms with Crippen LogP contribution in [0.2, 0.25) is 0 Å². The van der Waals surface area contributed by atoms with Gasteiger partial charge < -0.3 is 25.3 Å². The summed E-state index contributed by atoms with van der Waals surface area (Å²) in [6.07, 6.45) is 3.13. The van der Waals surface area contributed by atoms with E-state index in [9.17, 15) is 19.5 Å². The Morgan fingerprint density at radius 1 is 1.07 bits per heavy atom. The number of ether oxygens (including phenoxy) is 1. The predicted octanol–water partition coefficient (Wildman–Crippen LogP) is 1.89. The van der Waals surface area contributed by atoms with Gasteiger partial charge >= 0.3 is 0 Å². The molecule has 0 aliphatic carbocycles. The molecular weight excluding hydrogens is 384 g/mol. The van der Waals surface area contributed by atoms with Crippen LogP contribution < -0.4 is 20.5 Å². The van der Waals surface area contributed by atoms with Gasteiger partial charge in [-0.15, -0.1) is 0 Å². The molecule has 0 aliphatic heterocycles. The maximum atomic E-state index is 12.8. The highest BCUT2D eigenvalue weighted by Crippen LogP contribution is 2.13. The lowest BCUT2D eigenvalue weighted by Gasteiger charge is -2.20. The van der Waals surface area contributed by atoms with E-state index < -0.39 is 23.8 Å². The lowest BCUT2D eigenvalue weighted by Crippen LogP contribution is -2.49. The van der Waals surface area contributed by atoms with Gasteiger partial charge in [-0.2, -0.15) is 0 Å². The van der Waals surface area contributed by atoms with Gasteiger partial charge in [0, 0.05) is 5.56 Å². The molecule has 7 nitrogen and oxygen atoms in total. The minimum Gasteiger partial charge on any atom is -0.548 e. The molecule has 7 heteroatoms. The van der Waals surface area contributed by atoms with Crippen LogP contribution in [0.25, 0.3) is 6.08 Å². The van der Waals surface area contributed by atoms with Crippen molar-refractivity contribution in [3.8, 4) is 5.75 Å². The fourth-order valence-corrected chi connectivity index (χ4v) is 2.70. The maximum absolute atomic E-state index is 12.8. The minimum absolute atomic E-state index is 0.0650. The van der Waals surface area contributed by atoms with Crippen LogP contribution >= 0.6 is 0 Å². The number of carbonyl (C=O) groups is 3. The number of unbranched alkanes of at least 4 members (excludes halogenated alkanes) is 1. The third-order valence-electron chi connectivity index (χ3n) is 4.39. The van der Waals surface area contributed by atoms with Crippen molar-refractivity contribution in [1.82, 2.24) is 10.6 Å². The van der Waals surface area contributed by atoms with Gasteiger partial charge in [-0.1, -0.05) is 50.1 Å². The lowest BCUT2D eigenvalue weighted by molar-refractivity contribution is -0.308. The summed E-state index contributed by atoms with van der Waals surface area (Å²) >= 11 is 0. The van der Waals surface area contributed by atoms with Crippen molar-refractivity contribution < 1.29 is 24.2 Å². The molecule has 0 heterocycles. The molecule has 0 unspecified atom stereocenters. The Labute approximate surface area is 175 Å². The molecule has 158 valence electrons. The first kappa shape index (κ1) is 22.7. The average Bonchev–Trinajstić information content (AvgIpc) is 2.76. The smallest absolute Gasteiger partial charge is 0.268 e. The first-order valence-corrected chi connectivity index (χ1v) is 9.68. The molecular formula is C23H25N2O5-. The molecule has 30 heavy (non-hydrogen) atoms. The molecule has 2 rings (SSSR count). The van der Waals surface area contributed by atoms with E-state index in [0.29, 0.717) is 23.3 Å². The fourth-order valence-electron chi connectivity index (χ4n) is 2.70. The maximum Gasteiger partial charge on any atom is 0.268 e. The average molecular weight is 409 g/mol. The number of hydrogen-bond donors (Lipinski definition) is 2. The van der Waals surface area contributed by atoms with Crippen LogP contribution in [0.5, 0.6) is 5.75 Å². The zero-order valence-electron chi connectivity index (χ0n) is 17.0. The van der Waals surface area contributed by atoms with Crippen molar-refractivity contribution in [2.45, 2.75) is 32.2 Å². The number of carbonyl (C=O) groups excluding carboxylic acids is 3. The van der Waals surface area contributed by atoms with Crippen molar-refractivity contribution in [1.29, 1.82) is 0 Å². The van der Waals surface area contributed by atoms with E-state index in [2.05, 4.69) is 10.6 Å². The lowest BCUT2D eigenvalue weighted by atomic mass is 10.1. The summed E-state index contributed by atoms with van der Waals surface area (Å²) in [5.41, 5.74) is 0.936. The highest BCUT2D eigenvalue weighted by atomic mass is 16.5. The van der Waals surface area contributed by atoms with Gasteiger partial charge in [-0.05, 0) is 42.3 Å². The molecule has 0 saturated carbocycles. The zero-order valence-corrected chi connectivity index (χ0v) is 17.0. The predicted molar refractivity (Wildman–Crippen MR) is 111 cm³/mol. The van der Waals surface area contributed by atoms with Gasteiger partial charge in [0.2, 0.25) is 0 Å². The molecule has 0 spiro atoms. The second-order valence-electron chi connectivity index (χ2n) is 6.64. The Bertz CT molecular complexity index is 892. The highest BCUT2D eigenvalue weighted by Gasteiger charge is 2.19. The second-order valence-corrected chi connectivity index (χ2v) is 6.64. The van der Waals surface area contributed by atoms with Gasteiger partial charge in [0.05, 0.1) is 19.1 Å². The number of nitrogens with one attached hydrogen (secondary N) is 2. The van der Waals surface area contributed by atoms with Gasteiger partial charge in [-0.3, -0.25) is 9.59 Å². The second kappa shape index (κ2) is 11.4. The summed E-state index contributed by atoms with van der Waals surface area (Å²) in [5.74, 6) is -1.98. The molecule has 2 aromatic rings. The van der Waals surface area contributed by atoms with Crippen LogP contribution in [0.4, 0.5) is 0 Å². The van der Waals surface area contributed by atoms with Crippen LogP contribution in [-0.4, -0.2) is 30.9 Å². The number of methoxy groups -OCH3 is 1. The van der Waals surface area contributed by atoms with E-state index in [1.807, 2.05) is 13.0 Å². The number of carboxylic acid groups (broad SMARTS) is 1. The zero-order chi connectivity index (χ0) is 21.9. The normalized spacial score (nSPS) is 12.0. The molecule has 2 aromatic carbocycles. The van der Waals surface area contributed by atoms with Gasteiger partial charge in [0.1, 0.15) is 11.4 Å². The van der Waals surface area contributed by atoms with Crippen LogP contribution in [-0.2, 0) is 9.59 Å². The number of carboxylic acids is 1. The first-order valence-electron chi connectivity index (χ1n) is 9.68. The van der Waals surface area contributed by atoms with Crippen molar-refractivity contribution >= 4 is 23.9 Å². The van der Waals surface area contributed by atoms with Crippen molar-refractivity contribution in [2.24, 2.45) is 0 Å². The molecule has 0 aromatic heterocycles. The van der Waals surface area contributed by atoms with E-state index in [1.165, 1.54) is 13.2 Å². The van der Waals surface area contributed by atoms with E-state index in [4.69, 9.17) is 4.74 Å². The van der Waals surface area contributed by atoms with Gasteiger partial charge in [0.25, 0.3) is 11.8 Å². The largest absolute Gasteiger partial charge is 0.548 e. The Balaban J connectivity index is 2.25. The molecule has 0 bridgehead atoms. The number of aliphatic carboxylic acids is 1. The molecule has 2 amide bonds. The third-order valence-corrected chi connectivity index (χ3v) is 4.39. The molecule has 1 atom stereocenters. The van der Waals surface area contributed by atoms with Crippen LogP contribution in [0.1, 0.15) is 42.1 Å². The highest BCUT2D eigenvalue weighted by molar-refractivity contribution is 6.06. The van der Waals surface area contributed by atoms with E-state index >= 15 is 0 Å². The molecule has 0 radical (unpaired) electrons. The molecule has 2 N–H and O–H groups in total.